The Morgan fingerprint density at radius 3 is 1.37 bits per heavy atom. The van der Waals surface area contributed by atoms with Crippen LogP contribution in [0, 0.1) is 0 Å². The molecule has 0 bridgehead atoms. The second kappa shape index (κ2) is 5.22. The number of hydrogen-bond donors (Lipinski definition) is 0. The molecule has 2 saturated heterocycles. The lowest BCUT2D eigenvalue weighted by atomic mass is 9.93. The van der Waals surface area contributed by atoms with E-state index in [4.69, 9.17) is 4.74 Å². The molecule has 0 N–H and O–H groups in total. The van der Waals surface area contributed by atoms with Gasteiger partial charge >= 0.3 is 23.9 Å². The monoisotopic (exact) mass is 386 g/mol. The molecule has 0 amide bonds. The lowest BCUT2D eigenvalue weighted by molar-refractivity contribution is -0.155. The van der Waals surface area contributed by atoms with E-state index in [1.54, 1.807) is 0 Å². The van der Waals surface area contributed by atoms with Crippen LogP contribution < -0.4 is 0 Å². The summed E-state index contributed by atoms with van der Waals surface area (Å²) in [6.45, 7) is 0. The van der Waals surface area contributed by atoms with E-state index in [2.05, 4.69) is 9.47 Å². The van der Waals surface area contributed by atoms with Crippen LogP contribution in [0.2, 0.25) is 0 Å². The first kappa shape index (κ1) is 17.3. The number of halogens is 4. The number of cyclic esters (lactones) is 4. The van der Waals surface area contributed by atoms with Gasteiger partial charge in [-0.05, 0) is 12.2 Å². The van der Waals surface area contributed by atoms with Crippen molar-refractivity contribution < 1.29 is 51.0 Å². The minimum absolute atomic E-state index is 0.100. The van der Waals surface area contributed by atoms with E-state index < -0.39 is 70.2 Å². The third kappa shape index (κ3) is 2.53. The number of ether oxygens (including phenoxy) is 3. The predicted molar refractivity (Wildman–Crippen MR) is 73.1 cm³/mol. The summed E-state index contributed by atoms with van der Waals surface area (Å²) in [5.74, 6) is -12.8. The summed E-state index contributed by atoms with van der Waals surface area (Å²) in [5.41, 5.74) is -2.44. The molecule has 2 fully saturated rings. The normalized spacial score (nSPS) is 30.5. The Labute approximate surface area is 146 Å². The van der Waals surface area contributed by atoms with Gasteiger partial charge in [-0.25, -0.2) is 19.2 Å². The number of alkyl halides is 4. The van der Waals surface area contributed by atoms with Gasteiger partial charge in [0.1, 0.15) is 12.2 Å². The van der Waals surface area contributed by atoms with Gasteiger partial charge in [-0.15, -0.1) is 0 Å². The van der Waals surface area contributed by atoms with Crippen molar-refractivity contribution in [2.75, 3.05) is 0 Å². The van der Waals surface area contributed by atoms with Crippen LogP contribution in [0.25, 0.3) is 0 Å². The minimum atomic E-state index is -3.92. The van der Waals surface area contributed by atoms with Crippen LogP contribution >= 0.6 is 0 Å². The molecule has 2 aliphatic carbocycles. The highest BCUT2D eigenvalue weighted by molar-refractivity contribution is 6.19. The van der Waals surface area contributed by atoms with E-state index in [9.17, 15) is 36.7 Å². The molecular weight excluding hydrogens is 380 g/mol. The molecule has 2 atom stereocenters. The molecule has 0 radical (unpaired) electrons. The molecule has 0 saturated carbocycles. The van der Waals surface area contributed by atoms with Gasteiger partial charge in [-0.1, -0.05) is 0 Å². The first-order valence-electron chi connectivity index (χ1n) is 7.34. The summed E-state index contributed by atoms with van der Waals surface area (Å²) in [7, 11) is 0. The van der Waals surface area contributed by atoms with Crippen LogP contribution in [0.5, 0.6) is 0 Å². The fourth-order valence-corrected chi connectivity index (χ4v) is 2.91. The highest BCUT2D eigenvalue weighted by Crippen LogP contribution is 2.41. The second-order valence-electron chi connectivity index (χ2n) is 5.96. The van der Waals surface area contributed by atoms with Gasteiger partial charge in [-0.2, -0.15) is 17.6 Å². The van der Waals surface area contributed by atoms with E-state index >= 15 is 0 Å². The zero-order valence-electron chi connectivity index (χ0n) is 12.8. The molecule has 27 heavy (non-hydrogen) atoms. The van der Waals surface area contributed by atoms with Crippen molar-refractivity contribution >= 4 is 23.9 Å². The van der Waals surface area contributed by atoms with Crippen LogP contribution in [-0.4, -0.2) is 47.9 Å². The van der Waals surface area contributed by atoms with Crippen molar-refractivity contribution in [1.82, 2.24) is 0 Å². The van der Waals surface area contributed by atoms with E-state index in [1.165, 1.54) is 0 Å². The van der Waals surface area contributed by atoms with Crippen molar-refractivity contribution in [2.24, 2.45) is 0 Å². The first-order chi connectivity index (χ1) is 12.5. The van der Waals surface area contributed by atoms with Crippen LogP contribution in [0.4, 0.5) is 17.6 Å². The van der Waals surface area contributed by atoms with Gasteiger partial charge in [0.2, 0.25) is 0 Å². The van der Waals surface area contributed by atoms with Crippen LogP contribution in [0.3, 0.4) is 0 Å². The van der Waals surface area contributed by atoms with Crippen molar-refractivity contribution in [1.29, 1.82) is 0 Å². The van der Waals surface area contributed by atoms with Gasteiger partial charge in [0.25, 0.3) is 11.8 Å². The van der Waals surface area contributed by atoms with Crippen molar-refractivity contribution in [3.05, 3.63) is 46.6 Å². The minimum Gasteiger partial charge on any atom is -0.386 e. The van der Waals surface area contributed by atoms with Crippen molar-refractivity contribution in [2.45, 2.75) is 24.1 Å². The van der Waals surface area contributed by atoms with Gasteiger partial charge in [0, 0.05) is 12.2 Å². The fourth-order valence-electron chi connectivity index (χ4n) is 2.91. The molecule has 0 aromatic heterocycles. The maximum absolute atomic E-state index is 14.2. The topological polar surface area (TPSA) is 96.0 Å². The second-order valence-corrected chi connectivity index (χ2v) is 5.96. The third-order valence-corrected chi connectivity index (χ3v) is 4.19. The Kier molecular flexibility index (Phi) is 3.35. The predicted octanol–water partition coefficient (Wildman–Crippen LogP) is 0.910. The quantitative estimate of drug-likeness (QED) is 0.395. The molecule has 11 heteroatoms. The zero-order chi connectivity index (χ0) is 19.7. The number of carbonyl (C=O) groups excluding carboxylic acids is 4. The maximum atomic E-state index is 14.2. The molecule has 0 aromatic carbocycles. The first-order valence-corrected chi connectivity index (χ1v) is 7.34. The zero-order valence-corrected chi connectivity index (χ0v) is 12.8. The highest BCUT2D eigenvalue weighted by Gasteiger charge is 2.53. The van der Waals surface area contributed by atoms with E-state index in [0.717, 1.165) is 0 Å². The summed E-state index contributed by atoms with van der Waals surface area (Å²) in [5, 5.41) is 0. The Hall–Kier alpha value is -3.08. The molecule has 7 nitrogen and oxygen atoms in total. The molecule has 2 unspecified atom stereocenters. The maximum Gasteiger partial charge on any atom is 0.346 e. The lowest BCUT2D eigenvalue weighted by Gasteiger charge is -2.32. The molecule has 140 valence electrons. The average molecular weight is 386 g/mol. The van der Waals surface area contributed by atoms with Crippen molar-refractivity contribution in [3.63, 3.8) is 0 Å². The highest BCUT2D eigenvalue weighted by atomic mass is 19.3. The molecule has 2 heterocycles. The number of rotatable bonds is 2. The molecule has 0 aromatic rings. The number of carbonyl (C=O) groups is 4. The number of hydrogen-bond acceptors (Lipinski definition) is 7. The fraction of sp³-hybridized carbons (Fsp3) is 0.250. The van der Waals surface area contributed by atoms with E-state index in [0.29, 0.717) is 12.2 Å². The molecule has 2 aliphatic heterocycles. The van der Waals surface area contributed by atoms with Crippen LogP contribution in [-0.2, 0) is 33.4 Å². The molecule has 4 rings (SSSR count). The van der Waals surface area contributed by atoms with Crippen LogP contribution in [0.15, 0.2) is 46.6 Å². The molecule has 4 aliphatic rings. The van der Waals surface area contributed by atoms with Crippen LogP contribution in [0.1, 0.15) is 0 Å². The van der Waals surface area contributed by atoms with Gasteiger partial charge in [0.15, 0.2) is 0 Å². The standard InChI is InChI=1S/C16H6F4O7/c17-15(18)3-7-5(11(21)26-13(7)23)1-9(15)25-10-2-6-8(4-16(10,19)20)14(24)27-12(6)22/h1-4,9-10H. The summed E-state index contributed by atoms with van der Waals surface area (Å²) in [6, 6.07) is 0. The average Bonchev–Trinajstić information content (AvgIpc) is 2.96. The largest absolute Gasteiger partial charge is 0.386 e. The molecular formula is C16H6F4O7. The Bertz CT molecular complexity index is 878. The Balaban J connectivity index is 1.68. The third-order valence-electron chi connectivity index (χ3n) is 4.19. The smallest absolute Gasteiger partial charge is 0.346 e. The summed E-state index contributed by atoms with van der Waals surface area (Å²) < 4.78 is 70.1. The number of esters is 4. The summed E-state index contributed by atoms with van der Waals surface area (Å²) >= 11 is 0. The molecule has 0 spiro atoms. The van der Waals surface area contributed by atoms with Gasteiger partial charge in [0.05, 0.1) is 22.3 Å². The number of fused-ring (bicyclic) bond motifs is 2. The van der Waals surface area contributed by atoms with Gasteiger partial charge in [-0.3, -0.25) is 0 Å². The summed E-state index contributed by atoms with van der Waals surface area (Å²) in [4.78, 5) is 45.7. The Morgan fingerprint density at radius 2 is 1.00 bits per heavy atom. The van der Waals surface area contributed by atoms with Crippen molar-refractivity contribution in [3.8, 4) is 0 Å². The SMILES string of the molecule is O=C1OC(=O)C2=CC(F)(F)C(OC3C=C4C(=O)OC(=O)C4=CC3(F)F)C=C12. The van der Waals surface area contributed by atoms with Gasteiger partial charge < -0.3 is 14.2 Å². The Morgan fingerprint density at radius 1 is 0.667 bits per heavy atom. The van der Waals surface area contributed by atoms with E-state index in [-0.39, 0.29) is 12.2 Å². The summed E-state index contributed by atoms with van der Waals surface area (Å²) in [6.07, 6.45) is -3.49. The van der Waals surface area contributed by atoms with E-state index in [1.807, 2.05) is 0 Å². The lowest BCUT2D eigenvalue weighted by Crippen LogP contribution is -2.44.